The summed E-state index contributed by atoms with van der Waals surface area (Å²) in [6, 6.07) is 8.62. The Bertz CT molecular complexity index is 585. The number of carbonyl (C=O) groups is 1. The second-order valence-corrected chi connectivity index (χ2v) is 8.72. The molecule has 0 spiro atoms. The fourth-order valence-electron chi connectivity index (χ4n) is 4.00. The highest BCUT2D eigenvalue weighted by Gasteiger charge is 2.28. The normalized spacial score (nSPS) is 22.4. The molecule has 0 aliphatic carbocycles. The summed E-state index contributed by atoms with van der Waals surface area (Å²) >= 11 is 0. The minimum Gasteiger partial charge on any atom is -0.379 e. The van der Waals surface area contributed by atoms with Gasteiger partial charge < -0.3 is 9.64 Å². The standard InChI is InChI=1S/C22H34N2O2/c1-22(2,3)19-9-7-18(8-10-19)21(25)24-12-5-4-6-20(24)11-13-23-14-16-26-17-15-23/h7-10,20H,4-6,11-17H2,1-3H3/t20-/m1/s1. The number of ether oxygens (including phenoxy) is 1. The van der Waals surface area contributed by atoms with Gasteiger partial charge in [0.05, 0.1) is 13.2 Å². The topological polar surface area (TPSA) is 32.8 Å². The monoisotopic (exact) mass is 358 g/mol. The maximum absolute atomic E-state index is 13.1. The minimum atomic E-state index is 0.118. The van der Waals surface area contributed by atoms with E-state index in [2.05, 4.69) is 42.7 Å². The maximum atomic E-state index is 13.1. The summed E-state index contributed by atoms with van der Waals surface area (Å²) in [6.45, 7) is 12.3. The van der Waals surface area contributed by atoms with Gasteiger partial charge in [0, 0.05) is 37.8 Å². The van der Waals surface area contributed by atoms with Crippen molar-refractivity contribution in [1.82, 2.24) is 9.80 Å². The summed E-state index contributed by atoms with van der Waals surface area (Å²) < 4.78 is 5.44. The minimum absolute atomic E-state index is 0.118. The Morgan fingerprint density at radius 1 is 1.08 bits per heavy atom. The number of hydrogen-bond acceptors (Lipinski definition) is 3. The molecule has 0 bridgehead atoms. The molecule has 2 aliphatic rings. The Morgan fingerprint density at radius 3 is 2.42 bits per heavy atom. The molecule has 2 aliphatic heterocycles. The fourth-order valence-corrected chi connectivity index (χ4v) is 4.00. The third kappa shape index (κ3) is 4.86. The molecule has 1 atom stereocenters. The van der Waals surface area contributed by atoms with Crippen molar-refractivity contribution in [2.24, 2.45) is 0 Å². The zero-order valence-electron chi connectivity index (χ0n) is 16.7. The van der Waals surface area contributed by atoms with Crippen molar-refractivity contribution in [3.8, 4) is 0 Å². The average molecular weight is 359 g/mol. The molecule has 0 unspecified atom stereocenters. The van der Waals surface area contributed by atoms with Crippen molar-refractivity contribution >= 4 is 5.91 Å². The van der Waals surface area contributed by atoms with Crippen LogP contribution in [0.3, 0.4) is 0 Å². The molecule has 2 fully saturated rings. The van der Waals surface area contributed by atoms with E-state index >= 15 is 0 Å². The zero-order chi connectivity index (χ0) is 18.6. The lowest BCUT2D eigenvalue weighted by Crippen LogP contribution is -2.46. The van der Waals surface area contributed by atoms with Gasteiger partial charge in [-0.05, 0) is 48.8 Å². The van der Waals surface area contributed by atoms with E-state index in [1.807, 2.05) is 12.1 Å². The van der Waals surface area contributed by atoms with Gasteiger partial charge in [0.2, 0.25) is 0 Å². The van der Waals surface area contributed by atoms with Crippen LogP contribution >= 0.6 is 0 Å². The van der Waals surface area contributed by atoms with Crippen LogP contribution in [0.4, 0.5) is 0 Å². The van der Waals surface area contributed by atoms with Crippen LogP contribution in [0.2, 0.25) is 0 Å². The number of likely N-dealkylation sites (tertiary alicyclic amines) is 1. The summed E-state index contributed by atoms with van der Waals surface area (Å²) in [5.41, 5.74) is 2.22. The summed E-state index contributed by atoms with van der Waals surface area (Å²) in [4.78, 5) is 17.7. The Labute approximate surface area is 158 Å². The average Bonchev–Trinajstić information content (AvgIpc) is 2.66. The smallest absolute Gasteiger partial charge is 0.254 e. The molecular formula is C22H34N2O2. The molecule has 1 aromatic rings. The molecule has 4 nitrogen and oxygen atoms in total. The van der Waals surface area contributed by atoms with Gasteiger partial charge >= 0.3 is 0 Å². The number of rotatable bonds is 4. The molecular weight excluding hydrogens is 324 g/mol. The zero-order valence-corrected chi connectivity index (χ0v) is 16.7. The highest BCUT2D eigenvalue weighted by atomic mass is 16.5. The third-order valence-electron chi connectivity index (χ3n) is 5.77. The second kappa shape index (κ2) is 8.53. The van der Waals surface area contributed by atoms with E-state index in [0.29, 0.717) is 6.04 Å². The van der Waals surface area contributed by atoms with Crippen molar-refractivity contribution in [3.63, 3.8) is 0 Å². The van der Waals surface area contributed by atoms with Crippen LogP contribution in [-0.2, 0) is 10.2 Å². The molecule has 3 rings (SSSR count). The van der Waals surface area contributed by atoms with Crippen molar-refractivity contribution < 1.29 is 9.53 Å². The van der Waals surface area contributed by atoms with E-state index in [9.17, 15) is 4.79 Å². The Kier molecular flexibility index (Phi) is 6.36. The molecule has 0 aromatic heterocycles. The van der Waals surface area contributed by atoms with Crippen LogP contribution in [0.15, 0.2) is 24.3 Å². The van der Waals surface area contributed by atoms with Gasteiger partial charge in [-0.3, -0.25) is 9.69 Å². The number of hydrogen-bond donors (Lipinski definition) is 0. The Hall–Kier alpha value is -1.39. The number of piperidine rings is 1. The van der Waals surface area contributed by atoms with Crippen LogP contribution < -0.4 is 0 Å². The van der Waals surface area contributed by atoms with Crippen LogP contribution in [0, 0.1) is 0 Å². The lowest BCUT2D eigenvalue weighted by atomic mass is 9.86. The quantitative estimate of drug-likeness (QED) is 0.823. The first-order chi connectivity index (χ1) is 12.4. The van der Waals surface area contributed by atoms with Gasteiger partial charge in [0.25, 0.3) is 5.91 Å². The summed E-state index contributed by atoms with van der Waals surface area (Å²) in [6.07, 6.45) is 4.57. The number of carbonyl (C=O) groups excluding carboxylic acids is 1. The molecule has 144 valence electrons. The second-order valence-electron chi connectivity index (χ2n) is 8.72. The fraction of sp³-hybridized carbons (Fsp3) is 0.682. The number of morpholine rings is 1. The van der Waals surface area contributed by atoms with Crippen LogP contribution in [0.5, 0.6) is 0 Å². The van der Waals surface area contributed by atoms with E-state index in [4.69, 9.17) is 4.74 Å². The SMILES string of the molecule is CC(C)(C)c1ccc(C(=O)N2CCCC[C@@H]2CCN2CCOCC2)cc1. The molecule has 4 heteroatoms. The molecule has 0 N–H and O–H groups in total. The highest BCUT2D eigenvalue weighted by Crippen LogP contribution is 2.25. The predicted octanol–water partition coefficient (Wildman–Crippen LogP) is 3.70. The number of nitrogens with zero attached hydrogens (tertiary/aromatic N) is 2. The van der Waals surface area contributed by atoms with E-state index in [0.717, 1.165) is 64.2 Å². The molecule has 0 saturated carbocycles. The van der Waals surface area contributed by atoms with E-state index in [-0.39, 0.29) is 11.3 Å². The Morgan fingerprint density at radius 2 is 1.77 bits per heavy atom. The van der Waals surface area contributed by atoms with E-state index in [1.165, 1.54) is 12.0 Å². The lowest BCUT2D eigenvalue weighted by Gasteiger charge is -2.37. The van der Waals surface area contributed by atoms with Gasteiger partial charge in [0.1, 0.15) is 0 Å². The molecule has 1 amide bonds. The number of amides is 1. The lowest BCUT2D eigenvalue weighted by molar-refractivity contribution is 0.0295. The third-order valence-corrected chi connectivity index (χ3v) is 5.77. The van der Waals surface area contributed by atoms with E-state index < -0.39 is 0 Å². The van der Waals surface area contributed by atoms with Gasteiger partial charge in [-0.1, -0.05) is 32.9 Å². The largest absolute Gasteiger partial charge is 0.379 e. The highest BCUT2D eigenvalue weighted by molar-refractivity contribution is 5.94. The van der Waals surface area contributed by atoms with Crippen LogP contribution in [-0.4, -0.2) is 61.1 Å². The molecule has 1 aromatic carbocycles. The van der Waals surface area contributed by atoms with Gasteiger partial charge in [-0.2, -0.15) is 0 Å². The van der Waals surface area contributed by atoms with Crippen molar-refractivity contribution in [3.05, 3.63) is 35.4 Å². The van der Waals surface area contributed by atoms with Crippen LogP contribution in [0.1, 0.15) is 62.4 Å². The van der Waals surface area contributed by atoms with E-state index in [1.54, 1.807) is 0 Å². The van der Waals surface area contributed by atoms with Crippen LogP contribution in [0.25, 0.3) is 0 Å². The summed E-state index contributed by atoms with van der Waals surface area (Å²) in [5.74, 6) is 0.206. The summed E-state index contributed by atoms with van der Waals surface area (Å²) in [7, 11) is 0. The maximum Gasteiger partial charge on any atom is 0.254 e. The van der Waals surface area contributed by atoms with Gasteiger partial charge in [-0.25, -0.2) is 0 Å². The van der Waals surface area contributed by atoms with Crippen molar-refractivity contribution in [2.75, 3.05) is 39.4 Å². The van der Waals surface area contributed by atoms with Crippen molar-refractivity contribution in [2.45, 2.75) is 57.9 Å². The molecule has 2 saturated heterocycles. The first-order valence-corrected chi connectivity index (χ1v) is 10.2. The molecule has 26 heavy (non-hydrogen) atoms. The number of benzene rings is 1. The summed E-state index contributed by atoms with van der Waals surface area (Å²) in [5, 5.41) is 0. The molecule has 2 heterocycles. The van der Waals surface area contributed by atoms with Crippen molar-refractivity contribution in [1.29, 1.82) is 0 Å². The first-order valence-electron chi connectivity index (χ1n) is 10.2. The first kappa shape index (κ1) is 19.4. The Balaban J connectivity index is 1.63. The van der Waals surface area contributed by atoms with Gasteiger partial charge in [0.15, 0.2) is 0 Å². The van der Waals surface area contributed by atoms with Gasteiger partial charge in [-0.15, -0.1) is 0 Å². The predicted molar refractivity (Wildman–Crippen MR) is 106 cm³/mol. The molecule has 0 radical (unpaired) electrons.